The summed E-state index contributed by atoms with van der Waals surface area (Å²) >= 11 is 0. The number of H-pyrrole nitrogens is 1. The van der Waals surface area contributed by atoms with Crippen LogP contribution >= 0.6 is 0 Å². The quantitative estimate of drug-likeness (QED) is 0.717. The molecule has 0 amide bonds. The largest absolute Gasteiger partial charge is 0.375 e. The zero-order chi connectivity index (χ0) is 11.1. The maximum absolute atomic E-state index is 11.8. The Labute approximate surface area is 92.1 Å². The lowest BCUT2D eigenvalue weighted by Crippen LogP contribution is -2.41. The summed E-state index contributed by atoms with van der Waals surface area (Å²) < 4.78 is 6.97. The van der Waals surface area contributed by atoms with Gasteiger partial charge in [0.2, 0.25) is 0 Å². The van der Waals surface area contributed by atoms with Crippen molar-refractivity contribution in [3.05, 3.63) is 32.1 Å². The minimum absolute atomic E-state index is 0.434. The molecule has 0 bridgehead atoms. The number of ether oxygens (including phenoxy) is 1. The van der Waals surface area contributed by atoms with E-state index >= 15 is 0 Å². The molecule has 1 saturated carbocycles. The van der Waals surface area contributed by atoms with Gasteiger partial charge in [0.1, 0.15) is 0 Å². The summed E-state index contributed by atoms with van der Waals surface area (Å²) in [4.78, 5) is 25.9. The Morgan fingerprint density at radius 2 is 2.19 bits per heavy atom. The summed E-state index contributed by atoms with van der Waals surface area (Å²) in [5, 5.41) is 0. The van der Waals surface area contributed by atoms with Crippen molar-refractivity contribution in [1.29, 1.82) is 0 Å². The molecule has 1 aromatic heterocycles. The average Bonchev–Trinajstić information content (AvgIpc) is 3.08. The molecule has 1 aliphatic heterocycles. The minimum Gasteiger partial charge on any atom is -0.375 e. The Morgan fingerprint density at radius 1 is 1.38 bits per heavy atom. The molecule has 1 N–H and O–H groups in total. The van der Waals surface area contributed by atoms with Gasteiger partial charge in [0.15, 0.2) is 0 Å². The van der Waals surface area contributed by atoms with E-state index in [1.54, 1.807) is 4.57 Å². The molecule has 2 heterocycles. The van der Waals surface area contributed by atoms with Gasteiger partial charge in [-0.3, -0.25) is 9.59 Å². The van der Waals surface area contributed by atoms with Crippen LogP contribution in [0, 0.1) is 5.92 Å². The summed E-state index contributed by atoms with van der Waals surface area (Å²) in [6.07, 6.45) is 3.01. The number of hydrogen-bond donors (Lipinski definition) is 1. The highest BCUT2D eigenvalue weighted by Crippen LogP contribution is 2.30. The van der Waals surface area contributed by atoms with Gasteiger partial charge in [0, 0.05) is 18.7 Å². The maximum Gasteiger partial charge on any atom is 0.316 e. The third-order valence-electron chi connectivity index (χ3n) is 3.25. The fourth-order valence-corrected chi connectivity index (χ4v) is 2.14. The molecule has 86 valence electrons. The molecule has 2 aliphatic rings. The highest BCUT2D eigenvalue weighted by molar-refractivity contribution is 5.14. The molecule has 0 saturated heterocycles. The van der Waals surface area contributed by atoms with Crippen LogP contribution in [0.25, 0.3) is 0 Å². The van der Waals surface area contributed by atoms with E-state index in [1.165, 1.54) is 0 Å². The number of fused-ring (bicyclic) bond motifs is 1. The van der Waals surface area contributed by atoms with E-state index in [-0.39, 0.29) is 0 Å². The van der Waals surface area contributed by atoms with Crippen LogP contribution in [0.2, 0.25) is 0 Å². The molecule has 16 heavy (non-hydrogen) atoms. The van der Waals surface area contributed by atoms with E-state index in [4.69, 9.17) is 4.74 Å². The normalized spacial score (nSPS) is 19.5. The topological polar surface area (TPSA) is 64.1 Å². The van der Waals surface area contributed by atoms with E-state index < -0.39 is 11.1 Å². The van der Waals surface area contributed by atoms with E-state index in [1.807, 2.05) is 0 Å². The van der Waals surface area contributed by atoms with Crippen molar-refractivity contribution in [2.24, 2.45) is 5.92 Å². The van der Waals surface area contributed by atoms with Gasteiger partial charge in [-0.25, -0.2) is 0 Å². The highest BCUT2D eigenvalue weighted by Gasteiger charge is 2.25. The maximum atomic E-state index is 11.8. The summed E-state index contributed by atoms with van der Waals surface area (Å²) in [6.45, 7) is 1.73. The molecule has 0 unspecified atom stereocenters. The number of nitrogens with zero attached hydrogens (tertiary/aromatic N) is 1. The lowest BCUT2D eigenvalue weighted by atomic mass is 10.2. The third kappa shape index (κ3) is 1.61. The predicted octanol–water partition coefficient (Wildman–Crippen LogP) is 0.0193. The molecule has 0 aromatic carbocycles. The molecule has 5 heteroatoms. The number of rotatable bonds is 2. The van der Waals surface area contributed by atoms with Crippen LogP contribution in [0.1, 0.15) is 24.2 Å². The lowest BCUT2D eigenvalue weighted by molar-refractivity contribution is 0.101. The molecule has 0 radical (unpaired) electrons. The Hall–Kier alpha value is -1.36. The van der Waals surface area contributed by atoms with Gasteiger partial charge in [-0.2, -0.15) is 0 Å². The zero-order valence-electron chi connectivity index (χ0n) is 8.99. The number of aromatic amines is 1. The van der Waals surface area contributed by atoms with E-state index in [9.17, 15) is 9.59 Å². The van der Waals surface area contributed by atoms with Crippen LogP contribution in [-0.2, 0) is 24.3 Å². The molecule has 1 fully saturated rings. The fraction of sp³-hybridized carbons (Fsp3) is 0.636. The first-order valence-electron chi connectivity index (χ1n) is 5.68. The van der Waals surface area contributed by atoms with Crippen LogP contribution in [0.15, 0.2) is 9.59 Å². The van der Waals surface area contributed by atoms with Gasteiger partial charge in [-0.1, -0.05) is 0 Å². The predicted molar refractivity (Wildman–Crippen MR) is 57.4 cm³/mol. The highest BCUT2D eigenvalue weighted by atomic mass is 16.5. The van der Waals surface area contributed by atoms with Gasteiger partial charge in [-0.05, 0) is 18.8 Å². The van der Waals surface area contributed by atoms with Gasteiger partial charge in [0.05, 0.1) is 18.9 Å². The molecular formula is C11H14N2O3. The van der Waals surface area contributed by atoms with Crippen LogP contribution in [0.3, 0.4) is 0 Å². The summed E-state index contributed by atoms with van der Waals surface area (Å²) in [6, 6.07) is 0. The van der Waals surface area contributed by atoms with Crippen molar-refractivity contribution in [3.8, 4) is 0 Å². The second-order valence-electron chi connectivity index (χ2n) is 4.54. The molecule has 1 aromatic rings. The van der Waals surface area contributed by atoms with Crippen molar-refractivity contribution < 1.29 is 4.74 Å². The number of aromatic nitrogens is 2. The molecular weight excluding hydrogens is 208 g/mol. The van der Waals surface area contributed by atoms with Crippen molar-refractivity contribution in [1.82, 2.24) is 9.55 Å². The SMILES string of the molecule is O=c1[nH]c2c(n(CC3CC3)c1=O)COCC2. The molecule has 3 rings (SSSR count). The minimum atomic E-state index is -0.499. The molecule has 0 spiro atoms. The number of hydrogen-bond acceptors (Lipinski definition) is 3. The Morgan fingerprint density at radius 3 is 2.94 bits per heavy atom. The van der Waals surface area contributed by atoms with Crippen LogP contribution in [0.5, 0.6) is 0 Å². The van der Waals surface area contributed by atoms with E-state index in [0.717, 1.165) is 24.2 Å². The monoisotopic (exact) mass is 222 g/mol. The van der Waals surface area contributed by atoms with Crippen LogP contribution in [-0.4, -0.2) is 16.2 Å². The molecule has 1 aliphatic carbocycles. The Balaban J connectivity index is 2.13. The first-order chi connectivity index (χ1) is 7.75. The van der Waals surface area contributed by atoms with E-state index in [0.29, 0.717) is 32.1 Å². The third-order valence-corrected chi connectivity index (χ3v) is 3.25. The Kier molecular flexibility index (Phi) is 2.21. The first-order valence-corrected chi connectivity index (χ1v) is 5.68. The first kappa shape index (κ1) is 9.84. The summed E-state index contributed by atoms with van der Waals surface area (Å²) in [7, 11) is 0. The van der Waals surface area contributed by atoms with Gasteiger partial charge in [-0.15, -0.1) is 0 Å². The second kappa shape index (κ2) is 3.59. The summed E-state index contributed by atoms with van der Waals surface area (Å²) in [5.41, 5.74) is 0.803. The van der Waals surface area contributed by atoms with Crippen molar-refractivity contribution >= 4 is 0 Å². The Bertz CT molecular complexity index is 525. The molecule has 5 nitrogen and oxygen atoms in total. The van der Waals surface area contributed by atoms with Crippen molar-refractivity contribution in [2.45, 2.75) is 32.4 Å². The zero-order valence-corrected chi connectivity index (χ0v) is 8.99. The average molecular weight is 222 g/mol. The lowest BCUT2D eigenvalue weighted by Gasteiger charge is -2.20. The number of nitrogens with one attached hydrogen (secondary N) is 1. The van der Waals surface area contributed by atoms with Crippen molar-refractivity contribution in [3.63, 3.8) is 0 Å². The fourth-order valence-electron chi connectivity index (χ4n) is 2.14. The smallest absolute Gasteiger partial charge is 0.316 e. The summed E-state index contributed by atoms with van der Waals surface area (Å²) in [5.74, 6) is 0.575. The van der Waals surface area contributed by atoms with Crippen LogP contribution < -0.4 is 11.1 Å². The molecule has 0 atom stereocenters. The van der Waals surface area contributed by atoms with Gasteiger partial charge < -0.3 is 14.3 Å². The van der Waals surface area contributed by atoms with E-state index in [2.05, 4.69) is 4.98 Å². The second-order valence-corrected chi connectivity index (χ2v) is 4.54. The van der Waals surface area contributed by atoms with Gasteiger partial charge >= 0.3 is 11.1 Å². The van der Waals surface area contributed by atoms with Crippen LogP contribution in [0.4, 0.5) is 0 Å². The van der Waals surface area contributed by atoms with Gasteiger partial charge in [0.25, 0.3) is 0 Å². The standard InChI is InChI=1S/C11H14N2O3/c14-10-11(15)13(5-7-1-2-7)9-6-16-4-3-8(9)12-10/h7H,1-6H2,(H,12,14). The van der Waals surface area contributed by atoms with Crippen molar-refractivity contribution in [2.75, 3.05) is 6.61 Å².